The Morgan fingerprint density at radius 3 is 2.71 bits per heavy atom. The van der Waals surface area contributed by atoms with E-state index in [9.17, 15) is 4.79 Å². The van der Waals surface area contributed by atoms with Gasteiger partial charge in [-0.05, 0) is 20.8 Å². The Morgan fingerprint density at radius 2 is 2.21 bits per heavy atom. The zero-order valence-electron chi connectivity index (χ0n) is 8.91. The van der Waals surface area contributed by atoms with Gasteiger partial charge in [-0.3, -0.25) is 0 Å². The van der Waals surface area contributed by atoms with Crippen LogP contribution in [0, 0.1) is 0 Å². The first kappa shape index (κ1) is 12.6. The molecule has 0 spiro atoms. The molecule has 0 amide bonds. The van der Waals surface area contributed by atoms with Crippen LogP contribution in [-0.2, 0) is 9.53 Å². The summed E-state index contributed by atoms with van der Waals surface area (Å²) in [6.07, 6.45) is 0. The van der Waals surface area contributed by atoms with Gasteiger partial charge in [0.1, 0.15) is 6.61 Å². The highest BCUT2D eigenvalue weighted by Gasteiger charge is 2.00. The predicted molar refractivity (Wildman–Crippen MR) is 55.6 cm³/mol. The van der Waals surface area contributed by atoms with Crippen LogP contribution in [0.3, 0.4) is 0 Å². The highest BCUT2D eigenvalue weighted by molar-refractivity contribution is 5.86. The predicted octanol–water partition coefficient (Wildman–Crippen LogP) is 1.69. The SMILES string of the molecule is C=C(C)C(=O)OCCN=C=NC(C)C. The second-order valence-corrected chi connectivity index (χ2v) is 3.12. The molecule has 0 aromatic heterocycles. The van der Waals surface area contributed by atoms with Crippen molar-refractivity contribution in [2.45, 2.75) is 26.8 Å². The Balaban J connectivity index is 3.62. The van der Waals surface area contributed by atoms with Gasteiger partial charge in [-0.2, -0.15) is 0 Å². The molecule has 0 saturated heterocycles. The van der Waals surface area contributed by atoms with Gasteiger partial charge in [-0.15, -0.1) is 0 Å². The maximum atomic E-state index is 10.9. The summed E-state index contributed by atoms with van der Waals surface area (Å²) in [6.45, 7) is 9.55. The first-order chi connectivity index (χ1) is 6.54. The van der Waals surface area contributed by atoms with Crippen LogP contribution in [-0.4, -0.2) is 31.2 Å². The topological polar surface area (TPSA) is 51.0 Å². The second kappa shape index (κ2) is 7.04. The molecule has 0 saturated carbocycles. The van der Waals surface area contributed by atoms with Crippen molar-refractivity contribution in [1.82, 2.24) is 0 Å². The van der Waals surface area contributed by atoms with E-state index < -0.39 is 0 Å². The van der Waals surface area contributed by atoms with Crippen molar-refractivity contribution in [3.05, 3.63) is 12.2 Å². The molecule has 0 fully saturated rings. The maximum absolute atomic E-state index is 10.9. The molecule has 4 heteroatoms. The van der Waals surface area contributed by atoms with Crippen LogP contribution in [0.5, 0.6) is 0 Å². The molecule has 0 aliphatic carbocycles. The van der Waals surface area contributed by atoms with Gasteiger partial charge in [0.05, 0.1) is 18.6 Å². The van der Waals surface area contributed by atoms with Gasteiger partial charge in [0.25, 0.3) is 0 Å². The summed E-state index contributed by atoms with van der Waals surface area (Å²) in [4.78, 5) is 18.6. The number of carbonyl (C=O) groups is 1. The lowest BCUT2D eigenvalue weighted by atomic mass is 10.4. The van der Waals surface area contributed by atoms with Gasteiger partial charge in [0, 0.05) is 5.57 Å². The molecular formula is C10H16N2O2. The third-order valence-corrected chi connectivity index (χ3v) is 1.17. The quantitative estimate of drug-likeness (QED) is 0.291. The van der Waals surface area contributed by atoms with Crippen molar-refractivity contribution in [3.8, 4) is 0 Å². The van der Waals surface area contributed by atoms with E-state index in [0.717, 1.165) is 0 Å². The first-order valence-corrected chi connectivity index (χ1v) is 4.48. The number of hydrogen-bond acceptors (Lipinski definition) is 4. The van der Waals surface area contributed by atoms with Crippen LogP contribution in [0.25, 0.3) is 0 Å². The van der Waals surface area contributed by atoms with Crippen molar-refractivity contribution < 1.29 is 9.53 Å². The lowest BCUT2D eigenvalue weighted by Crippen LogP contribution is -2.07. The normalized spacial score (nSPS) is 9.14. The Hall–Kier alpha value is -1.41. The molecule has 78 valence electrons. The molecule has 0 atom stereocenters. The molecule has 0 heterocycles. The van der Waals surface area contributed by atoms with Crippen LogP contribution < -0.4 is 0 Å². The van der Waals surface area contributed by atoms with Gasteiger partial charge >= 0.3 is 5.97 Å². The van der Waals surface area contributed by atoms with E-state index in [1.807, 2.05) is 13.8 Å². The maximum Gasteiger partial charge on any atom is 0.333 e. The van der Waals surface area contributed by atoms with E-state index in [1.54, 1.807) is 6.92 Å². The highest BCUT2D eigenvalue weighted by atomic mass is 16.5. The molecule has 0 N–H and O–H groups in total. The molecule has 0 bridgehead atoms. The number of carbonyl (C=O) groups excluding carboxylic acids is 1. The number of esters is 1. The smallest absolute Gasteiger partial charge is 0.333 e. The van der Waals surface area contributed by atoms with Crippen molar-refractivity contribution >= 4 is 12.0 Å². The molecule has 0 aliphatic heterocycles. The molecule has 0 unspecified atom stereocenters. The number of aliphatic imine (C=N–C) groups is 2. The Labute approximate surface area is 84.4 Å². The van der Waals surface area contributed by atoms with Crippen LogP contribution in [0.4, 0.5) is 0 Å². The summed E-state index contributed by atoms with van der Waals surface area (Å²) in [5.74, 6) is -0.388. The summed E-state index contributed by atoms with van der Waals surface area (Å²) in [5, 5.41) is 0. The largest absolute Gasteiger partial charge is 0.460 e. The van der Waals surface area contributed by atoms with Gasteiger partial charge < -0.3 is 4.74 Å². The molecule has 0 aromatic rings. The van der Waals surface area contributed by atoms with Crippen molar-refractivity contribution in [1.29, 1.82) is 0 Å². The second-order valence-electron chi connectivity index (χ2n) is 3.12. The van der Waals surface area contributed by atoms with Crippen LogP contribution in [0.15, 0.2) is 22.1 Å². The minimum absolute atomic E-state index is 0.191. The summed E-state index contributed by atoms with van der Waals surface area (Å²) in [5.41, 5.74) is 0.393. The van der Waals surface area contributed by atoms with E-state index in [1.165, 1.54) is 0 Å². The molecule has 4 nitrogen and oxygen atoms in total. The fourth-order valence-electron chi connectivity index (χ4n) is 0.513. The Kier molecular flexibility index (Phi) is 6.33. The molecule has 0 aliphatic rings. The standard InChI is InChI=1S/C10H16N2O2/c1-8(2)10(13)14-6-5-11-7-12-9(3)4/h9H,1,5-6H2,2-4H3. The number of rotatable bonds is 5. The van der Waals surface area contributed by atoms with E-state index >= 15 is 0 Å². The van der Waals surface area contributed by atoms with E-state index in [2.05, 4.69) is 22.6 Å². The highest BCUT2D eigenvalue weighted by Crippen LogP contribution is 1.91. The Morgan fingerprint density at radius 1 is 1.57 bits per heavy atom. The zero-order chi connectivity index (χ0) is 11.0. The third kappa shape index (κ3) is 7.25. The third-order valence-electron chi connectivity index (χ3n) is 1.17. The van der Waals surface area contributed by atoms with Gasteiger partial charge in [-0.1, -0.05) is 6.58 Å². The van der Waals surface area contributed by atoms with Gasteiger partial charge in [-0.25, -0.2) is 14.8 Å². The van der Waals surface area contributed by atoms with Crippen molar-refractivity contribution in [2.24, 2.45) is 9.98 Å². The van der Waals surface area contributed by atoms with Crippen molar-refractivity contribution in [2.75, 3.05) is 13.2 Å². The van der Waals surface area contributed by atoms with Crippen molar-refractivity contribution in [3.63, 3.8) is 0 Å². The van der Waals surface area contributed by atoms with E-state index in [0.29, 0.717) is 12.1 Å². The molecular weight excluding hydrogens is 180 g/mol. The number of ether oxygens (including phenoxy) is 1. The number of hydrogen-bond donors (Lipinski definition) is 0. The average Bonchev–Trinajstić information content (AvgIpc) is 2.09. The lowest BCUT2D eigenvalue weighted by Gasteiger charge is -1.99. The summed E-state index contributed by atoms with van der Waals surface area (Å²) >= 11 is 0. The fourth-order valence-corrected chi connectivity index (χ4v) is 0.513. The monoisotopic (exact) mass is 196 g/mol. The number of nitrogens with zero attached hydrogens (tertiary/aromatic N) is 2. The summed E-state index contributed by atoms with van der Waals surface area (Å²) < 4.78 is 4.80. The van der Waals surface area contributed by atoms with Crippen LogP contribution in [0.2, 0.25) is 0 Å². The molecule has 0 aromatic carbocycles. The van der Waals surface area contributed by atoms with Gasteiger partial charge in [0.15, 0.2) is 0 Å². The zero-order valence-corrected chi connectivity index (χ0v) is 8.91. The fraction of sp³-hybridized carbons (Fsp3) is 0.600. The molecule has 0 rings (SSSR count). The van der Waals surface area contributed by atoms with E-state index in [4.69, 9.17) is 4.74 Å². The first-order valence-electron chi connectivity index (χ1n) is 4.48. The Bertz CT molecular complexity index is 263. The van der Waals surface area contributed by atoms with Gasteiger partial charge in [0.2, 0.25) is 0 Å². The average molecular weight is 196 g/mol. The van der Waals surface area contributed by atoms with Crippen LogP contribution >= 0.6 is 0 Å². The summed E-state index contributed by atoms with van der Waals surface area (Å²) in [6, 6.07) is 2.72. The minimum Gasteiger partial charge on any atom is -0.460 e. The summed E-state index contributed by atoms with van der Waals surface area (Å²) in [7, 11) is 0. The molecule has 14 heavy (non-hydrogen) atoms. The molecule has 0 radical (unpaired) electrons. The van der Waals surface area contributed by atoms with E-state index in [-0.39, 0.29) is 18.6 Å². The minimum atomic E-state index is -0.388. The lowest BCUT2D eigenvalue weighted by molar-refractivity contribution is -0.138. The van der Waals surface area contributed by atoms with Crippen LogP contribution in [0.1, 0.15) is 20.8 Å².